The number of nitrogens with zero attached hydrogens (tertiary/aromatic N) is 3. The van der Waals surface area contributed by atoms with Crippen LogP contribution in [-0.4, -0.2) is 21.0 Å². The molecule has 0 saturated carbocycles. The lowest BCUT2D eigenvalue weighted by Crippen LogP contribution is -2.13. The van der Waals surface area contributed by atoms with E-state index in [0.717, 1.165) is 24.3 Å². The maximum Gasteiger partial charge on any atom is 0.332 e. The van der Waals surface area contributed by atoms with Gasteiger partial charge >= 0.3 is 5.69 Å². The third kappa shape index (κ3) is 3.65. The fourth-order valence-corrected chi connectivity index (χ4v) is 1.91. The van der Waals surface area contributed by atoms with Crippen LogP contribution in [-0.2, 0) is 6.54 Å². The van der Waals surface area contributed by atoms with Crippen LogP contribution >= 0.6 is 0 Å². The minimum absolute atomic E-state index is 0.404. The summed E-state index contributed by atoms with van der Waals surface area (Å²) in [5.41, 5.74) is -0.111. The van der Waals surface area contributed by atoms with Gasteiger partial charge in [0, 0.05) is 30.6 Å². The molecule has 0 aromatic carbocycles. The first-order valence-electron chi connectivity index (χ1n) is 6.64. The van der Waals surface area contributed by atoms with Crippen LogP contribution in [0.5, 0.6) is 0 Å². The maximum absolute atomic E-state index is 11.4. The standard InChI is InChI=1S/C14H16N4O3/c1-2-6-15-14-11(4-3-7-16-14)9-17-8-5-13(19)12(10-17)18(20)21/h3-5,7-8,10H,2,6,9H2,1H3,(H,15,16). The van der Waals surface area contributed by atoms with E-state index in [1.807, 2.05) is 12.1 Å². The predicted octanol–water partition coefficient (Wildman–Crippen LogP) is 2.02. The minimum Gasteiger partial charge on any atom is -0.370 e. The van der Waals surface area contributed by atoms with E-state index in [4.69, 9.17) is 0 Å². The Morgan fingerprint density at radius 2 is 2.24 bits per heavy atom. The van der Waals surface area contributed by atoms with Crippen LogP contribution in [0.4, 0.5) is 11.5 Å². The van der Waals surface area contributed by atoms with Gasteiger partial charge in [0.1, 0.15) is 5.82 Å². The number of pyridine rings is 2. The second-order valence-electron chi connectivity index (χ2n) is 4.56. The molecule has 2 heterocycles. The first-order valence-corrected chi connectivity index (χ1v) is 6.64. The van der Waals surface area contributed by atoms with Crippen molar-refractivity contribution in [2.45, 2.75) is 19.9 Å². The molecule has 0 unspecified atom stereocenters. The molecule has 0 aliphatic heterocycles. The van der Waals surface area contributed by atoms with Gasteiger partial charge in [0.15, 0.2) is 0 Å². The van der Waals surface area contributed by atoms with Crippen molar-refractivity contribution in [2.75, 3.05) is 11.9 Å². The van der Waals surface area contributed by atoms with Gasteiger partial charge in [-0.2, -0.15) is 0 Å². The SMILES string of the molecule is CCCNc1ncccc1Cn1ccc(=O)c([N+](=O)[O-])c1. The summed E-state index contributed by atoms with van der Waals surface area (Å²) in [6.45, 7) is 3.26. The second kappa shape index (κ2) is 6.65. The highest BCUT2D eigenvalue weighted by atomic mass is 16.6. The zero-order valence-electron chi connectivity index (χ0n) is 11.7. The summed E-state index contributed by atoms with van der Waals surface area (Å²) >= 11 is 0. The highest BCUT2D eigenvalue weighted by Gasteiger charge is 2.12. The molecule has 0 spiro atoms. The molecule has 0 radical (unpaired) electrons. The lowest BCUT2D eigenvalue weighted by atomic mass is 10.2. The minimum atomic E-state index is -0.668. The zero-order chi connectivity index (χ0) is 15.2. The molecule has 0 atom stereocenters. The number of rotatable bonds is 6. The van der Waals surface area contributed by atoms with Crippen LogP contribution in [0, 0.1) is 10.1 Å². The maximum atomic E-state index is 11.4. The van der Waals surface area contributed by atoms with Gasteiger partial charge < -0.3 is 9.88 Å². The first kappa shape index (κ1) is 14.7. The summed E-state index contributed by atoms with van der Waals surface area (Å²) in [6, 6.07) is 4.91. The highest BCUT2D eigenvalue weighted by Crippen LogP contribution is 2.14. The number of anilines is 1. The van der Waals surface area contributed by atoms with Crippen molar-refractivity contribution in [1.29, 1.82) is 0 Å². The molecule has 1 N–H and O–H groups in total. The van der Waals surface area contributed by atoms with Gasteiger partial charge in [-0.3, -0.25) is 14.9 Å². The summed E-state index contributed by atoms with van der Waals surface area (Å²) in [5, 5.41) is 14.0. The quantitative estimate of drug-likeness (QED) is 0.648. The van der Waals surface area contributed by atoms with E-state index in [9.17, 15) is 14.9 Å². The Balaban J connectivity index is 2.28. The van der Waals surface area contributed by atoms with Crippen LogP contribution in [0.2, 0.25) is 0 Å². The van der Waals surface area contributed by atoms with Gasteiger partial charge in [0.2, 0.25) is 0 Å². The summed E-state index contributed by atoms with van der Waals surface area (Å²) in [5.74, 6) is 0.751. The van der Waals surface area contributed by atoms with E-state index < -0.39 is 16.0 Å². The van der Waals surface area contributed by atoms with Gasteiger partial charge in [-0.15, -0.1) is 0 Å². The Labute approximate surface area is 121 Å². The molecule has 21 heavy (non-hydrogen) atoms. The molecule has 2 rings (SSSR count). The lowest BCUT2D eigenvalue weighted by molar-refractivity contribution is -0.386. The molecule has 0 aliphatic carbocycles. The molecule has 110 valence electrons. The third-order valence-corrected chi connectivity index (χ3v) is 2.94. The first-order chi connectivity index (χ1) is 10.1. The van der Waals surface area contributed by atoms with Gasteiger partial charge in [0.25, 0.3) is 5.43 Å². The monoisotopic (exact) mass is 288 g/mol. The Morgan fingerprint density at radius 3 is 2.95 bits per heavy atom. The zero-order valence-corrected chi connectivity index (χ0v) is 11.7. The Kier molecular flexibility index (Phi) is 4.65. The molecule has 0 amide bonds. The third-order valence-electron chi connectivity index (χ3n) is 2.94. The lowest BCUT2D eigenvalue weighted by Gasteiger charge is -2.11. The van der Waals surface area contributed by atoms with Crippen molar-refractivity contribution in [2.24, 2.45) is 0 Å². The van der Waals surface area contributed by atoms with E-state index in [1.165, 1.54) is 18.5 Å². The number of hydrogen-bond acceptors (Lipinski definition) is 5. The van der Waals surface area contributed by atoms with Crippen LogP contribution in [0.25, 0.3) is 0 Å². The largest absolute Gasteiger partial charge is 0.370 e. The smallest absolute Gasteiger partial charge is 0.332 e. The van der Waals surface area contributed by atoms with Gasteiger partial charge in [-0.25, -0.2) is 4.98 Å². The normalized spacial score (nSPS) is 10.3. The van der Waals surface area contributed by atoms with Gasteiger partial charge in [-0.05, 0) is 12.5 Å². The molecule has 0 bridgehead atoms. The molecule has 2 aromatic rings. The number of nitro groups is 1. The van der Waals surface area contributed by atoms with Crippen molar-refractivity contribution in [3.63, 3.8) is 0 Å². The van der Waals surface area contributed by atoms with Crippen molar-refractivity contribution >= 4 is 11.5 Å². The van der Waals surface area contributed by atoms with Crippen molar-refractivity contribution in [3.8, 4) is 0 Å². The molecule has 7 heteroatoms. The average Bonchev–Trinajstić information content (AvgIpc) is 2.48. The fourth-order valence-electron chi connectivity index (χ4n) is 1.91. The van der Waals surface area contributed by atoms with Crippen LogP contribution in [0.15, 0.2) is 41.6 Å². The van der Waals surface area contributed by atoms with E-state index in [1.54, 1.807) is 10.8 Å². The summed E-state index contributed by atoms with van der Waals surface area (Å²) in [6.07, 6.45) is 5.44. The Morgan fingerprint density at radius 1 is 1.43 bits per heavy atom. The van der Waals surface area contributed by atoms with E-state index in [-0.39, 0.29) is 0 Å². The van der Waals surface area contributed by atoms with Crippen molar-refractivity contribution in [3.05, 3.63) is 62.7 Å². The Hall–Kier alpha value is -2.70. The summed E-state index contributed by atoms with van der Waals surface area (Å²) < 4.78 is 1.60. The van der Waals surface area contributed by atoms with Crippen LogP contribution < -0.4 is 10.7 Å². The molecule has 0 saturated heterocycles. The average molecular weight is 288 g/mol. The predicted molar refractivity (Wildman–Crippen MR) is 79.5 cm³/mol. The summed E-state index contributed by atoms with van der Waals surface area (Å²) in [7, 11) is 0. The number of hydrogen-bond donors (Lipinski definition) is 1. The highest BCUT2D eigenvalue weighted by molar-refractivity contribution is 5.44. The fraction of sp³-hybridized carbons (Fsp3) is 0.286. The van der Waals surface area contributed by atoms with Crippen molar-refractivity contribution in [1.82, 2.24) is 9.55 Å². The van der Waals surface area contributed by atoms with E-state index >= 15 is 0 Å². The van der Waals surface area contributed by atoms with E-state index in [0.29, 0.717) is 6.54 Å². The van der Waals surface area contributed by atoms with Crippen molar-refractivity contribution < 1.29 is 4.92 Å². The van der Waals surface area contributed by atoms with Crippen LogP contribution in [0.3, 0.4) is 0 Å². The van der Waals surface area contributed by atoms with Gasteiger partial charge in [0.05, 0.1) is 17.7 Å². The van der Waals surface area contributed by atoms with Gasteiger partial charge in [-0.1, -0.05) is 13.0 Å². The topological polar surface area (TPSA) is 90.1 Å². The molecule has 7 nitrogen and oxygen atoms in total. The number of aromatic nitrogens is 2. The van der Waals surface area contributed by atoms with E-state index in [2.05, 4.69) is 17.2 Å². The number of nitrogens with one attached hydrogen (secondary N) is 1. The summed E-state index contributed by atoms with van der Waals surface area (Å²) in [4.78, 5) is 25.8. The molecule has 0 aliphatic rings. The second-order valence-corrected chi connectivity index (χ2v) is 4.56. The molecule has 0 fully saturated rings. The van der Waals surface area contributed by atoms with Crippen LogP contribution in [0.1, 0.15) is 18.9 Å². The Bertz CT molecular complexity index is 697. The molecule has 2 aromatic heterocycles. The molecular formula is C14H16N4O3. The molecular weight excluding hydrogens is 272 g/mol.